The summed E-state index contributed by atoms with van der Waals surface area (Å²) >= 11 is 0. The second-order valence-electron chi connectivity index (χ2n) is 4.69. The Morgan fingerprint density at radius 1 is 0.895 bits per heavy atom. The first-order valence-corrected chi connectivity index (χ1v) is 6.69. The molecule has 0 fully saturated rings. The molecule has 0 aliphatic carbocycles. The molecule has 19 heavy (non-hydrogen) atoms. The average Bonchev–Trinajstić information content (AvgIpc) is 2.47. The van der Waals surface area contributed by atoms with Crippen molar-refractivity contribution in [1.29, 1.82) is 0 Å². The molecule has 0 aromatic heterocycles. The van der Waals surface area contributed by atoms with Crippen LogP contribution >= 0.6 is 0 Å². The molecular formula is C18H19N. The van der Waals surface area contributed by atoms with Crippen molar-refractivity contribution < 1.29 is 0 Å². The van der Waals surface area contributed by atoms with Gasteiger partial charge in [0.2, 0.25) is 0 Å². The maximum Gasteiger partial charge on any atom is 0.0249 e. The Bertz CT molecular complexity index is 558. The van der Waals surface area contributed by atoms with Gasteiger partial charge in [-0.05, 0) is 42.7 Å². The van der Waals surface area contributed by atoms with Gasteiger partial charge in [0.25, 0.3) is 0 Å². The van der Waals surface area contributed by atoms with Crippen molar-refractivity contribution in [3.63, 3.8) is 0 Å². The summed E-state index contributed by atoms with van der Waals surface area (Å²) in [5.41, 5.74) is 9.31. The van der Waals surface area contributed by atoms with Gasteiger partial charge in [0.15, 0.2) is 0 Å². The zero-order valence-electron chi connectivity index (χ0n) is 11.3. The van der Waals surface area contributed by atoms with Gasteiger partial charge >= 0.3 is 0 Å². The van der Waals surface area contributed by atoms with Crippen molar-refractivity contribution in [3.8, 4) is 11.8 Å². The minimum absolute atomic E-state index is 0.251. The molecule has 2 aromatic carbocycles. The topological polar surface area (TPSA) is 26.0 Å². The number of benzene rings is 2. The van der Waals surface area contributed by atoms with Crippen molar-refractivity contribution >= 4 is 0 Å². The molecule has 0 aliphatic heterocycles. The van der Waals surface area contributed by atoms with E-state index in [-0.39, 0.29) is 6.04 Å². The van der Waals surface area contributed by atoms with Crippen LogP contribution in [0.25, 0.3) is 0 Å². The molecule has 1 atom stereocenters. The Hall–Kier alpha value is -2.04. The van der Waals surface area contributed by atoms with Crippen molar-refractivity contribution in [2.24, 2.45) is 5.73 Å². The van der Waals surface area contributed by atoms with Gasteiger partial charge in [0.1, 0.15) is 0 Å². The average molecular weight is 249 g/mol. The van der Waals surface area contributed by atoms with Crippen LogP contribution in [0.4, 0.5) is 0 Å². The van der Waals surface area contributed by atoms with Gasteiger partial charge in [0.05, 0.1) is 0 Å². The molecule has 0 radical (unpaired) electrons. The van der Waals surface area contributed by atoms with E-state index in [1.807, 2.05) is 30.3 Å². The molecule has 0 amide bonds. The fraction of sp³-hybridized carbons (Fsp3) is 0.222. The smallest absolute Gasteiger partial charge is 0.0249 e. The lowest BCUT2D eigenvalue weighted by atomic mass is 10.0. The fourth-order valence-corrected chi connectivity index (χ4v) is 1.84. The first kappa shape index (κ1) is 13.4. The molecule has 1 nitrogen and oxygen atoms in total. The van der Waals surface area contributed by atoms with Crippen LogP contribution in [-0.4, -0.2) is 6.04 Å². The highest BCUT2D eigenvalue weighted by molar-refractivity contribution is 5.43. The summed E-state index contributed by atoms with van der Waals surface area (Å²) in [6.07, 6.45) is 1.94. The molecule has 2 N–H and O–H groups in total. The van der Waals surface area contributed by atoms with Crippen LogP contribution in [0, 0.1) is 11.8 Å². The van der Waals surface area contributed by atoms with Gasteiger partial charge in [-0.25, -0.2) is 0 Å². The highest BCUT2D eigenvalue weighted by atomic mass is 14.6. The summed E-state index contributed by atoms with van der Waals surface area (Å²) in [6, 6.07) is 18.6. The van der Waals surface area contributed by atoms with Gasteiger partial charge in [-0.3, -0.25) is 0 Å². The molecule has 96 valence electrons. The second-order valence-corrected chi connectivity index (χ2v) is 4.69. The maximum atomic E-state index is 5.95. The summed E-state index contributed by atoms with van der Waals surface area (Å²) in [5.74, 6) is 6.33. The minimum Gasteiger partial charge on any atom is -0.327 e. The molecule has 0 bridgehead atoms. The van der Waals surface area contributed by atoms with E-state index in [4.69, 9.17) is 5.73 Å². The number of rotatable bonds is 3. The molecule has 0 spiro atoms. The third-order valence-corrected chi connectivity index (χ3v) is 3.10. The molecule has 0 aliphatic rings. The highest BCUT2D eigenvalue weighted by Gasteiger charge is 2.00. The van der Waals surface area contributed by atoms with Crippen LogP contribution in [0.15, 0.2) is 54.6 Å². The Labute approximate surface area is 115 Å². The molecule has 0 heterocycles. The van der Waals surface area contributed by atoms with Crippen LogP contribution in [0.5, 0.6) is 0 Å². The summed E-state index contributed by atoms with van der Waals surface area (Å²) in [4.78, 5) is 0. The zero-order valence-corrected chi connectivity index (χ0v) is 11.3. The number of hydrogen-bond acceptors (Lipinski definition) is 1. The number of nitrogens with two attached hydrogens (primary N) is 1. The molecule has 1 heteroatoms. The van der Waals surface area contributed by atoms with Crippen LogP contribution in [0.1, 0.15) is 30.0 Å². The molecule has 1 unspecified atom stereocenters. The predicted molar refractivity (Wildman–Crippen MR) is 80.8 cm³/mol. The fourth-order valence-electron chi connectivity index (χ4n) is 1.84. The standard InChI is InChI=1S/C18H19N/c1-2-18(19)14-17-12-10-16(11-13-17)9-8-15-6-4-3-5-7-15/h3-7,10-13,18H,2,14,19H2,1H3. The highest BCUT2D eigenvalue weighted by Crippen LogP contribution is 2.07. The van der Waals surface area contributed by atoms with E-state index in [0.29, 0.717) is 0 Å². The summed E-state index contributed by atoms with van der Waals surface area (Å²) < 4.78 is 0. The second kappa shape index (κ2) is 6.78. The third-order valence-electron chi connectivity index (χ3n) is 3.10. The van der Waals surface area contributed by atoms with Crippen molar-refractivity contribution in [1.82, 2.24) is 0 Å². The Morgan fingerprint density at radius 3 is 2.05 bits per heavy atom. The minimum atomic E-state index is 0.251. The van der Waals surface area contributed by atoms with E-state index < -0.39 is 0 Å². The Balaban J connectivity index is 2.05. The number of hydrogen-bond donors (Lipinski definition) is 1. The van der Waals surface area contributed by atoms with Gasteiger partial charge < -0.3 is 5.73 Å². The van der Waals surface area contributed by atoms with E-state index in [2.05, 4.69) is 43.0 Å². The van der Waals surface area contributed by atoms with Gasteiger partial charge in [-0.15, -0.1) is 0 Å². The zero-order chi connectivity index (χ0) is 13.5. The van der Waals surface area contributed by atoms with Gasteiger partial charge in [-0.1, -0.05) is 49.1 Å². The monoisotopic (exact) mass is 249 g/mol. The van der Waals surface area contributed by atoms with Crippen LogP contribution in [0.3, 0.4) is 0 Å². The molecule has 0 saturated heterocycles. The van der Waals surface area contributed by atoms with Crippen LogP contribution in [-0.2, 0) is 6.42 Å². The van der Waals surface area contributed by atoms with Crippen molar-refractivity contribution in [2.45, 2.75) is 25.8 Å². The van der Waals surface area contributed by atoms with Gasteiger partial charge in [0, 0.05) is 17.2 Å². The Morgan fingerprint density at radius 2 is 1.47 bits per heavy atom. The SMILES string of the molecule is CCC(N)Cc1ccc(C#Cc2ccccc2)cc1. The third kappa shape index (κ3) is 4.28. The van der Waals surface area contributed by atoms with E-state index in [0.717, 1.165) is 24.0 Å². The summed E-state index contributed by atoms with van der Waals surface area (Å²) in [7, 11) is 0. The van der Waals surface area contributed by atoms with Gasteiger partial charge in [-0.2, -0.15) is 0 Å². The maximum absolute atomic E-state index is 5.95. The van der Waals surface area contributed by atoms with E-state index >= 15 is 0 Å². The lowest BCUT2D eigenvalue weighted by Crippen LogP contribution is -2.21. The van der Waals surface area contributed by atoms with Crippen molar-refractivity contribution in [3.05, 3.63) is 71.3 Å². The largest absolute Gasteiger partial charge is 0.327 e. The van der Waals surface area contributed by atoms with Crippen molar-refractivity contribution in [2.75, 3.05) is 0 Å². The Kier molecular flexibility index (Phi) is 4.78. The first-order valence-electron chi connectivity index (χ1n) is 6.69. The predicted octanol–water partition coefficient (Wildman–Crippen LogP) is 3.37. The van der Waals surface area contributed by atoms with E-state index in [1.165, 1.54) is 5.56 Å². The lowest BCUT2D eigenvalue weighted by Gasteiger charge is -2.08. The lowest BCUT2D eigenvalue weighted by molar-refractivity contribution is 0.646. The quantitative estimate of drug-likeness (QED) is 0.829. The molecule has 2 aromatic rings. The van der Waals surface area contributed by atoms with Crippen LogP contribution < -0.4 is 5.73 Å². The molecular weight excluding hydrogens is 230 g/mol. The first-order chi connectivity index (χ1) is 9.28. The van der Waals surface area contributed by atoms with E-state index in [9.17, 15) is 0 Å². The normalized spacial score (nSPS) is 11.5. The van der Waals surface area contributed by atoms with E-state index in [1.54, 1.807) is 0 Å². The molecule has 2 rings (SSSR count). The summed E-state index contributed by atoms with van der Waals surface area (Å²) in [6.45, 7) is 2.12. The summed E-state index contributed by atoms with van der Waals surface area (Å²) in [5, 5.41) is 0. The molecule has 0 saturated carbocycles. The van der Waals surface area contributed by atoms with Crippen LogP contribution in [0.2, 0.25) is 0 Å².